The van der Waals surface area contributed by atoms with Crippen LogP contribution < -0.4 is 0 Å². The van der Waals surface area contributed by atoms with Gasteiger partial charge in [-0.3, -0.25) is 0 Å². The maximum Gasteiger partial charge on any atom is 0.0796 e. The molecule has 0 aromatic heterocycles. The van der Waals surface area contributed by atoms with Gasteiger partial charge in [-0.05, 0) is 34.9 Å². The van der Waals surface area contributed by atoms with Crippen LogP contribution in [0, 0.1) is 0 Å². The van der Waals surface area contributed by atoms with Crippen molar-refractivity contribution in [3.05, 3.63) is 34.9 Å². The van der Waals surface area contributed by atoms with E-state index in [1.54, 1.807) is 0 Å². The molecule has 1 nitrogen and oxygen atoms in total. The Kier molecular flexibility index (Phi) is 2.15. The zero-order valence-electron chi connectivity index (χ0n) is 9.17. The summed E-state index contributed by atoms with van der Waals surface area (Å²) in [6.45, 7) is 6.61. The highest BCUT2D eigenvalue weighted by Crippen LogP contribution is 2.34. The highest BCUT2D eigenvalue weighted by molar-refractivity contribution is 5.39. The summed E-state index contributed by atoms with van der Waals surface area (Å²) in [6, 6.07) is 6.54. The van der Waals surface area contributed by atoms with Crippen LogP contribution in [0.5, 0.6) is 0 Å². The third-order valence-electron chi connectivity index (χ3n) is 3.06. The first-order valence-electron chi connectivity index (χ1n) is 5.30. The Labute approximate surface area is 85.8 Å². The van der Waals surface area contributed by atoms with Crippen molar-refractivity contribution in [3.8, 4) is 0 Å². The molecule has 0 saturated carbocycles. The van der Waals surface area contributed by atoms with Crippen molar-refractivity contribution in [1.29, 1.82) is 0 Å². The summed E-state index contributed by atoms with van der Waals surface area (Å²) in [5, 5.41) is 9.77. The van der Waals surface area contributed by atoms with Crippen molar-refractivity contribution >= 4 is 0 Å². The van der Waals surface area contributed by atoms with Crippen LogP contribution in [0.2, 0.25) is 0 Å². The summed E-state index contributed by atoms with van der Waals surface area (Å²) in [7, 11) is 0. The van der Waals surface area contributed by atoms with E-state index in [0.29, 0.717) is 0 Å². The molecule has 1 aromatic rings. The third-order valence-corrected chi connectivity index (χ3v) is 3.06. The molecule has 14 heavy (non-hydrogen) atoms. The lowest BCUT2D eigenvalue weighted by Gasteiger charge is -2.20. The first-order chi connectivity index (χ1) is 6.48. The van der Waals surface area contributed by atoms with Crippen LogP contribution >= 0.6 is 0 Å². The van der Waals surface area contributed by atoms with Crippen LogP contribution in [0.4, 0.5) is 0 Å². The number of hydrogen-bond donors (Lipinski definition) is 1. The van der Waals surface area contributed by atoms with E-state index < -0.39 is 0 Å². The number of aliphatic hydroxyl groups is 1. The molecule has 1 aliphatic carbocycles. The van der Waals surface area contributed by atoms with Gasteiger partial charge < -0.3 is 5.11 Å². The SMILES string of the molecule is CC(C)(C)c1ccc2c(c1)[C@H](O)CC2. The molecule has 0 heterocycles. The van der Waals surface area contributed by atoms with Crippen LogP contribution in [-0.2, 0) is 11.8 Å². The summed E-state index contributed by atoms with van der Waals surface area (Å²) in [5.74, 6) is 0. The van der Waals surface area contributed by atoms with E-state index in [9.17, 15) is 5.11 Å². The largest absolute Gasteiger partial charge is 0.388 e. The highest BCUT2D eigenvalue weighted by atomic mass is 16.3. The van der Waals surface area contributed by atoms with Gasteiger partial charge in [0, 0.05) is 0 Å². The molecule has 1 aliphatic rings. The van der Waals surface area contributed by atoms with Crippen LogP contribution in [0.3, 0.4) is 0 Å². The topological polar surface area (TPSA) is 20.2 Å². The monoisotopic (exact) mass is 190 g/mol. The van der Waals surface area contributed by atoms with Gasteiger partial charge in [-0.15, -0.1) is 0 Å². The number of rotatable bonds is 0. The summed E-state index contributed by atoms with van der Waals surface area (Å²) < 4.78 is 0. The van der Waals surface area contributed by atoms with Crippen molar-refractivity contribution in [2.45, 2.75) is 45.1 Å². The predicted octanol–water partition coefficient (Wildman–Crippen LogP) is 2.96. The van der Waals surface area contributed by atoms with E-state index in [-0.39, 0.29) is 11.5 Å². The van der Waals surface area contributed by atoms with Gasteiger partial charge in [0.15, 0.2) is 0 Å². The van der Waals surface area contributed by atoms with Gasteiger partial charge in [0.1, 0.15) is 0 Å². The number of hydrogen-bond acceptors (Lipinski definition) is 1. The van der Waals surface area contributed by atoms with E-state index in [2.05, 4.69) is 39.0 Å². The summed E-state index contributed by atoms with van der Waals surface area (Å²) in [6.07, 6.45) is 1.69. The Morgan fingerprint density at radius 1 is 1.29 bits per heavy atom. The second kappa shape index (κ2) is 3.09. The average molecular weight is 190 g/mol. The van der Waals surface area contributed by atoms with Crippen molar-refractivity contribution in [1.82, 2.24) is 0 Å². The van der Waals surface area contributed by atoms with Gasteiger partial charge in [0.2, 0.25) is 0 Å². The zero-order valence-corrected chi connectivity index (χ0v) is 9.17. The lowest BCUT2D eigenvalue weighted by molar-refractivity contribution is 0.180. The van der Waals surface area contributed by atoms with Gasteiger partial charge in [-0.1, -0.05) is 39.0 Å². The van der Waals surface area contributed by atoms with E-state index >= 15 is 0 Å². The Balaban J connectivity index is 2.45. The predicted molar refractivity (Wildman–Crippen MR) is 58.4 cm³/mol. The Bertz CT molecular complexity index is 347. The van der Waals surface area contributed by atoms with Crippen molar-refractivity contribution in [2.24, 2.45) is 0 Å². The molecule has 1 heteroatoms. The zero-order chi connectivity index (χ0) is 10.3. The maximum absolute atomic E-state index is 9.77. The van der Waals surface area contributed by atoms with E-state index in [1.807, 2.05) is 0 Å². The molecule has 0 radical (unpaired) electrons. The first kappa shape index (κ1) is 9.72. The van der Waals surface area contributed by atoms with Gasteiger partial charge in [0.05, 0.1) is 6.10 Å². The quantitative estimate of drug-likeness (QED) is 0.667. The van der Waals surface area contributed by atoms with E-state index in [1.165, 1.54) is 11.1 Å². The maximum atomic E-state index is 9.77. The molecule has 76 valence electrons. The summed E-state index contributed by atoms with van der Waals surface area (Å²) in [5.41, 5.74) is 3.97. The number of aryl methyl sites for hydroxylation is 1. The summed E-state index contributed by atoms with van der Waals surface area (Å²) >= 11 is 0. The normalized spacial score (nSPS) is 21.0. The molecule has 1 N–H and O–H groups in total. The standard InChI is InChI=1S/C13H18O/c1-13(2,3)10-6-4-9-5-7-12(14)11(9)8-10/h4,6,8,12,14H,5,7H2,1-3H3/t12-/m1/s1. The van der Waals surface area contributed by atoms with Crippen LogP contribution in [0.25, 0.3) is 0 Å². The second-order valence-electron chi connectivity index (χ2n) is 5.22. The fourth-order valence-electron chi connectivity index (χ4n) is 2.05. The first-order valence-corrected chi connectivity index (χ1v) is 5.30. The van der Waals surface area contributed by atoms with Crippen molar-refractivity contribution in [3.63, 3.8) is 0 Å². The van der Waals surface area contributed by atoms with Crippen LogP contribution in [-0.4, -0.2) is 5.11 Å². The van der Waals surface area contributed by atoms with Crippen LogP contribution in [0.1, 0.15) is 50.0 Å². The minimum atomic E-state index is -0.229. The molecule has 0 saturated heterocycles. The minimum absolute atomic E-state index is 0.178. The third kappa shape index (κ3) is 1.57. The minimum Gasteiger partial charge on any atom is -0.388 e. The average Bonchev–Trinajstić information content (AvgIpc) is 2.46. The van der Waals surface area contributed by atoms with Crippen LogP contribution in [0.15, 0.2) is 18.2 Å². The lowest BCUT2D eigenvalue weighted by atomic mass is 9.85. The number of fused-ring (bicyclic) bond motifs is 1. The molecule has 0 bridgehead atoms. The molecule has 0 fully saturated rings. The molecular formula is C13H18O. The Morgan fingerprint density at radius 2 is 2.00 bits per heavy atom. The Morgan fingerprint density at radius 3 is 2.64 bits per heavy atom. The summed E-state index contributed by atoms with van der Waals surface area (Å²) in [4.78, 5) is 0. The molecule has 0 unspecified atom stereocenters. The molecule has 1 aromatic carbocycles. The van der Waals surface area contributed by atoms with E-state index in [4.69, 9.17) is 0 Å². The molecule has 2 rings (SSSR count). The molecule has 0 aliphatic heterocycles. The van der Waals surface area contributed by atoms with Gasteiger partial charge in [-0.25, -0.2) is 0 Å². The number of benzene rings is 1. The highest BCUT2D eigenvalue weighted by Gasteiger charge is 2.22. The van der Waals surface area contributed by atoms with Gasteiger partial charge in [0.25, 0.3) is 0 Å². The van der Waals surface area contributed by atoms with Gasteiger partial charge >= 0.3 is 0 Å². The lowest BCUT2D eigenvalue weighted by Crippen LogP contribution is -2.11. The molecule has 1 atom stereocenters. The molecular weight excluding hydrogens is 172 g/mol. The fourth-order valence-corrected chi connectivity index (χ4v) is 2.05. The second-order valence-corrected chi connectivity index (χ2v) is 5.22. The van der Waals surface area contributed by atoms with Crippen molar-refractivity contribution in [2.75, 3.05) is 0 Å². The fraction of sp³-hybridized carbons (Fsp3) is 0.538. The Hall–Kier alpha value is -0.820. The molecule has 0 spiro atoms. The van der Waals surface area contributed by atoms with Gasteiger partial charge in [-0.2, -0.15) is 0 Å². The van der Waals surface area contributed by atoms with Crippen molar-refractivity contribution < 1.29 is 5.11 Å². The molecule has 0 amide bonds. The van der Waals surface area contributed by atoms with E-state index in [0.717, 1.165) is 18.4 Å². The number of aliphatic hydroxyl groups excluding tert-OH is 1. The smallest absolute Gasteiger partial charge is 0.0796 e.